The van der Waals surface area contributed by atoms with Crippen molar-refractivity contribution in [2.75, 3.05) is 13.1 Å². The van der Waals surface area contributed by atoms with Crippen LogP contribution in [-0.2, 0) is 11.2 Å². The minimum Gasteiger partial charge on any atom is -0.346 e. The predicted molar refractivity (Wildman–Crippen MR) is 87.8 cm³/mol. The number of nitrogens with one attached hydrogen (secondary N) is 1. The van der Waals surface area contributed by atoms with E-state index in [1.165, 1.54) is 6.42 Å². The summed E-state index contributed by atoms with van der Waals surface area (Å²) >= 11 is 0. The molecule has 2 aromatic rings. The van der Waals surface area contributed by atoms with Gasteiger partial charge in [-0.25, -0.2) is 4.98 Å². The minimum atomic E-state index is 0. The number of carbonyl (C=O) groups excluding carboxylic acids is 1. The van der Waals surface area contributed by atoms with E-state index in [0.717, 1.165) is 36.1 Å². The summed E-state index contributed by atoms with van der Waals surface area (Å²) in [6.45, 7) is 1.73. The molecule has 3 N–H and O–H groups in total. The van der Waals surface area contributed by atoms with Crippen molar-refractivity contribution in [3.8, 4) is 0 Å². The normalized spacial score (nSPS) is 27.0. The van der Waals surface area contributed by atoms with Gasteiger partial charge in [-0.1, -0.05) is 0 Å². The number of pyridine rings is 1. The summed E-state index contributed by atoms with van der Waals surface area (Å²) in [5, 5.41) is 1.04. The van der Waals surface area contributed by atoms with E-state index in [-0.39, 0.29) is 24.4 Å². The van der Waals surface area contributed by atoms with Crippen LogP contribution in [0.15, 0.2) is 24.5 Å². The smallest absolute Gasteiger partial charge is 0.227 e. The maximum atomic E-state index is 12.5. The lowest BCUT2D eigenvalue weighted by Crippen LogP contribution is -2.34. The third-order valence-corrected chi connectivity index (χ3v) is 5.14. The van der Waals surface area contributed by atoms with E-state index in [0.29, 0.717) is 18.3 Å². The molecule has 0 aromatic carbocycles. The number of hydrogen-bond donors (Lipinski definition) is 2. The highest BCUT2D eigenvalue weighted by Crippen LogP contribution is 2.37. The van der Waals surface area contributed by atoms with Gasteiger partial charge in [-0.3, -0.25) is 4.79 Å². The van der Waals surface area contributed by atoms with Gasteiger partial charge in [-0.05, 0) is 42.4 Å². The van der Waals surface area contributed by atoms with Crippen molar-refractivity contribution < 1.29 is 4.79 Å². The Bertz CT molecular complexity index is 686. The van der Waals surface area contributed by atoms with E-state index in [2.05, 4.69) is 9.97 Å². The van der Waals surface area contributed by atoms with Crippen molar-refractivity contribution in [2.45, 2.75) is 25.3 Å². The first kappa shape index (κ1) is 15.3. The van der Waals surface area contributed by atoms with E-state index < -0.39 is 0 Å². The maximum absolute atomic E-state index is 12.5. The summed E-state index contributed by atoms with van der Waals surface area (Å²) in [5.41, 5.74) is 8.02. The quantitative estimate of drug-likeness (QED) is 0.884. The number of nitrogens with two attached hydrogens (primary N) is 1. The SMILES string of the molecule is Cl.NC1CCC2CN(C(=O)Cc3c[nH]c4ncccc34)CC12. The van der Waals surface area contributed by atoms with Gasteiger partial charge in [-0.15, -0.1) is 12.4 Å². The standard InChI is InChI=1S/C16H20N4O.ClH/c17-14-4-3-10-8-20(9-13(10)14)15(21)6-11-7-19-16-12(11)2-1-5-18-16;/h1-2,5,7,10,13-14H,3-4,6,8-9,17H2,(H,18,19);1H. The van der Waals surface area contributed by atoms with Crippen molar-refractivity contribution >= 4 is 29.3 Å². The molecule has 1 aliphatic carbocycles. The molecular formula is C16H21ClN4O. The second kappa shape index (κ2) is 5.89. The van der Waals surface area contributed by atoms with Crippen LogP contribution in [0.5, 0.6) is 0 Å². The number of aromatic amines is 1. The molecule has 2 aromatic heterocycles. The van der Waals surface area contributed by atoms with Gasteiger partial charge < -0.3 is 15.6 Å². The zero-order chi connectivity index (χ0) is 14.4. The Morgan fingerprint density at radius 3 is 3.09 bits per heavy atom. The van der Waals surface area contributed by atoms with Crippen LogP contribution in [0.3, 0.4) is 0 Å². The van der Waals surface area contributed by atoms with E-state index in [4.69, 9.17) is 5.73 Å². The number of halogens is 1. The van der Waals surface area contributed by atoms with Gasteiger partial charge >= 0.3 is 0 Å². The van der Waals surface area contributed by atoms with E-state index in [1.807, 2.05) is 23.2 Å². The minimum absolute atomic E-state index is 0. The fraction of sp³-hybridized carbons (Fsp3) is 0.500. The average molecular weight is 321 g/mol. The van der Waals surface area contributed by atoms with Crippen LogP contribution in [0.25, 0.3) is 11.0 Å². The summed E-state index contributed by atoms with van der Waals surface area (Å²) in [5.74, 6) is 1.34. The predicted octanol–water partition coefficient (Wildman–Crippen LogP) is 1.72. The van der Waals surface area contributed by atoms with Gasteiger partial charge in [0.25, 0.3) is 0 Å². The first-order valence-electron chi connectivity index (χ1n) is 7.66. The molecule has 3 unspecified atom stereocenters. The highest BCUT2D eigenvalue weighted by Gasteiger charge is 2.42. The Hall–Kier alpha value is -1.59. The molecule has 3 atom stereocenters. The number of rotatable bonds is 2. The molecule has 22 heavy (non-hydrogen) atoms. The molecule has 2 aliphatic rings. The first-order chi connectivity index (χ1) is 10.2. The summed E-state index contributed by atoms with van der Waals surface area (Å²) in [6, 6.07) is 4.20. The molecular weight excluding hydrogens is 300 g/mol. The molecule has 5 nitrogen and oxygen atoms in total. The molecule has 1 saturated carbocycles. The van der Waals surface area contributed by atoms with Gasteiger partial charge in [0, 0.05) is 36.9 Å². The Kier molecular flexibility index (Phi) is 4.10. The van der Waals surface area contributed by atoms with Crippen LogP contribution in [0.1, 0.15) is 18.4 Å². The number of aromatic nitrogens is 2. The van der Waals surface area contributed by atoms with E-state index in [1.54, 1.807) is 6.20 Å². The molecule has 1 aliphatic heterocycles. The van der Waals surface area contributed by atoms with Crippen LogP contribution < -0.4 is 5.73 Å². The van der Waals surface area contributed by atoms with Crippen molar-refractivity contribution in [1.29, 1.82) is 0 Å². The van der Waals surface area contributed by atoms with E-state index >= 15 is 0 Å². The summed E-state index contributed by atoms with van der Waals surface area (Å²) in [4.78, 5) is 21.9. The fourth-order valence-corrected chi connectivity index (χ4v) is 3.94. The zero-order valence-electron chi connectivity index (χ0n) is 12.4. The molecule has 4 rings (SSSR count). The van der Waals surface area contributed by atoms with Crippen molar-refractivity contribution in [3.63, 3.8) is 0 Å². The monoisotopic (exact) mass is 320 g/mol. The number of H-pyrrole nitrogens is 1. The van der Waals surface area contributed by atoms with E-state index in [9.17, 15) is 4.79 Å². The van der Waals surface area contributed by atoms with Crippen LogP contribution >= 0.6 is 12.4 Å². The molecule has 0 spiro atoms. The van der Waals surface area contributed by atoms with Crippen molar-refractivity contribution in [1.82, 2.24) is 14.9 Å². The number of likely N-dealkylation sites (tertiary alicyclic amines) is 1. The van der Waals surface area contributed by atoms with Gasteiger partial charge in [0.1, 0.15) is 5.65 Å². The molecule has 1 amide bonds. The van der Waals surface area contributed by atoms with Gasteiger partial charge in [-0.2, -0.15) is 0 Å². The Morgan fingerprint density at radius 2 is 2.27 bits per heavy atom. The molecule has 1 saturated heterocycles. The van der Waals surface area contributed by atoms with Crippen LogP contribution in [0.2, 0.25) is 0 Å². The number of nitrogens with zero attached hydrogens (tertiary/aromatic N) is 2. The Labute approximate surface area is 135 Å². The third-order valence-electron chi connectivity index (χ3n) is 5.14. The number of hydrogen-bond acceptors (Lipinski definition) is 3. The number of carbonyl (C=O) groups is 1. The van der Waals surface area contributed by atoms with Crippen LogP contribution in [-0.4, -0.2) is 39.9 Å². The zero-order valence-corrected chi connectivity index (χ0v) is 13.2. The summed E-state index contributed by atoms with van der Waals surface area (Å²) in [6.07, 6.45) is 6.39. The van der Waals surface area contributed by atoms with Crippen molar-refractivity contribution in [3.05, 3.63) is 30.1 Å². The average Bonchev–Trinajstić information content (AvgIpc) is 3.16. The molecule has 3 heterocycles. The highest BCUT2D eigenvalue weighted by atomic mass is 35.5. The fourth-order valence-electron chi connectivity index (χ4n) is 3.94. The third kappa shape index (κ3) is 2.48. The lowest BCUT2D eigenvalue weighted by molar-refractivity contribution is -0.129. The first-order valence-corrected chi connectivity index (χ1v) is 7.66. The van der Waals surface area contributed by atoms with Crippen LogP contribution in [0.4, 0.5) is 0 Å². The Balaban J connectivity index is 0.00000144. The summed E-state index contributed by atoms with van der Waals surface area (Å²) < 4.78 is 0. The lowest BCUT2D eigenvalue weighted by Gasteiger charge is -2.18. The molecule has 118 valence electrons. The molecule has 2 fully saturated rings. The second-order valence-electron chi connectivity index (χ2n) is 6.35. The van der Waals surface area contributed by atoms with Gasteiger partial charge in [0.05, 0.1) is 6.42 Å². The second-order valence-corrected chi connectivity index (χ2v) is 6.35. The molecule has 6 heteroatoms. The topological polar surface area (TPSA) is 75.0 Å². The number of amides is 1. The maximum Gasteiger partial charge on any atom is 0.227 e. The highest BCUT2D eigenvalue weighted by molar-refractivity contribution is 5.87. The largest absolute Gasteiger partial charge is 0.346 e. The summed E-state index contributed by atoms with van der Waals surface area (Å²) in [7, 11) is 0. The van der Waals surface area contributed by atoms with Gasteiger partial charge in [0.2, 0.25) is 5.91 Å². The van der Waals surface area contributed by atoms with Gasteiger partial charge in [0.15, 0.2) is 0 Å². The van der Waals surface area contributed by atoms with Crippen molar-refractivity contribution in [2.24, 2.45) is 17.6 Å². The number of fused-ring (bicyclic) bond motifs is 2. The molecule has 0 radical (unpaired) electrons. The lowest BCUT2D eigenvalue weighted by atomic mass is 9.98. The Morgan fingerprint density at radius 1 is 1.41 bits per heavy atom. The van der Waals surface area contributed by atoms with Crippen LogP contribution in [0, 0.1) is 11.8 Å². The molecule has 0 bridgehead atoms.